The van der Waals surface area contributed by atoms with Crippen LogP contribution in [0.15, 0.2) is 22.2 Å². The molecule has 8 heteroatoms. The van der Waals surface area contributed by atoms with E-state index in [1.54, 1.807) is 23.1 Å². The van der Waals surface area contributed by atoms with Crippen LogP contribution in [0.2, 0.25) is 0 Å². The van der Waals surface area contributed by atoms with E-state index in [0.717, 1.165) is 25.8 Å². The first-order valence-corrected chi connectivity index (χ1v) is 6.83. The number of anilines is 1. The summed E-state index contributed by atoms with van der Waals surface area (Å²) in [7, 11) is 1.80. The van der Waals surface area contributed by atoms with Gasteiger partial charge in [0.05, 0.1) is 15.2 Å². The third-order valence-corrected chi connectivity index (χ3v) is 4.44. The summed E-state index contributed by atoms with van der Waals surface area (Å²) in [5.74, 6) is 0. The number of aryl methyl sites for hydroxylation is 2. The molecule has 2 N–H and O–H groups in total. The minimum absolute atomic E-state index is 0.702. The van der Waals surface area contributed by atoms with Gasteiger partial charge >= 0.3 is 0 Å². The number of thiazole rings is 1. The summed E-state index contributed by atoms with van der Waals surface area (Å²) in [6.07, 6.45) is 0. The molecule has 6 nitrogen and oxygen atoms in total. The quantitative estimate of drug-likeness (QED) is 0.720. The molecule has 18 heavy (non-hydrogen) atoms. The maximum absolute atomic E-state index is 6.04. The largest absolute Gasteiger partial charge is 0.398 e. The zero-order chi connectivity index (χ0) is 12.7. The normalized spacial score (nSPS) is 11.2. The summed E-state index contributed by atoms with van der Waals surface area (Å²) in [6, 6.07) is 3.93. The molecule has 0 spiro atoms. The lowest BCUT2D eigenvalue weighted by molar-refractivity contribution is 0.664. The number of hydrogen-bond acceptors (Lipinski definition) is 7. The Balaban J connectivity index is 2.06. The van der Waals surface area contributed by atoms with Crippen molar-refractivity contribution in [3.05, 3.63) is 17.1 Å². The summed E-state index contributed by atoms with van der Waals surface area (Å²) in [6.45, 7) is 1.99. The topological polar surface area (TPSA) is 82.5 Å². The number of rotatable bonds is 2. The predicted molar refractivity (Wildman–Crippen MR) is 71.7 cm³/mol. The van der Waals surface area contributed by atoms with Gasteiger partial charge in [-0.2, -0.15) is 0 Å². The van der Waals surface area contributed by atoms with Crippen molar-refractivity contribution in [3.63, 3.8) is 0 Å². The molecule has 3 rings (SSSR count). The zero-order valence-corrected chi connectivity index (χ0v) is 11.4. The van der Waals surface area contributed by atoms with E-state index in [4.69, 9.17) is 5.73 Å². The Kier molecular flexibility index (Phi) is 2.67. The average molecular weight is 278 g/mol. The fourth-order valence-corrected chi connectivity index (χ4v) is 3.23. The summed E-state index contributed by atoms with van der Waals surface area (Å²) in [4.78, 5) is 5.38. The summed E-state index contributed by atoms with van der Waals surface area (Å²) in [5, 5.41) is 13.1. The smallest absolute Gasteiger partial charge is 0.213 e. The first-order chi connectivity index (χ1) is 8.63. The Hall–Kier alpha value is -1.67. The fraction of sp³-hybridized carbons (Fsp3) is 0.200. The number of nitrogens with two attached hydrogens (primary N) is 1. The van der Waals surface area contributed by atoms with E-state index in [1.165, 1.54) is 11.8 Å². The number of fused-ring (bicyclic) bond motifs is 1. The van der Waals surface area contributed by atoms with Crippen molar-refractivity contribution in [2.24, 2.45) is 7.05 Å². The third kappa shape index (κ3) is 1.93. The molecule has 0 bridgehead atoms. The Bertz CT molecular complexity index is 716. The molecule has 0 atom stereocenters. The lowest BCUT2D eigenvalue weighted by Gasteiger charge is -2.03. The van der Waals surface area contributed by atoms with Crippen molar-refractivity contribution >= 4 is 39.0 Å². The summed E-state index contributed by atoms with van der Waals surface area (Å²) in [5.41, 5.74) is 7.73. The molecular formula is C10H10N6S2. The van der Waals surface area contributed by atoms with E-state index in [9.17, 15) is 0 Å². The molecule has 0 unspecified atom stereocenters. The van der Waals surface area contributed by atoms with Gasteiger partial charge in [0.2, 0.25) is 5.16 Å². The van der Waals surface area contributed by atoms with Gasteiger partial charge in [0, 0.05) is 17.6 Å². The molecule has 0 radical (unpaired) electrons. The first-order valence-electron chi connectivity index (χ1n) is 5.20. The van der Waals surface area contributed by atoms with Crippen LogP contribution in [-0.2, 0) is 7.05 Å². The second-order valence-corrected chi connectivity index (χ2v) is 6.02. The molecule has 92 valence electrons. The van der Waals surface area contributed by atoms with Crippen LogP contribution in [0.1, 0.15) is 5.01 Å². The molecule has 0 aliphatic heterocycles. The lowest BCUT2D eigenvalue weighted by atomic mass is 10.3. The molecule has 0 saturated heterocycles. The second kappa shape index (κ2) is 4.21. The van der Waals surface area contributed by atoms with E-state index >= 15 is 0 Å². The van der Waals surface area contributed by atoms with Crippen LogP contribution >= 0.6 is 23.1 Å². The van der Waals surface area contributed by atoms with Gasteiger partial charge in [0.1, 0.15) is 0 Å². The van der Waals surface area contributed by atoms with Crippen LogP contribution in [0.25, 0.3) is 10.2 Å². The Morgan fingerprint density at radius 2 is 2.22 bits per heavy atom. The molecule has 2 aromatic heterocycles. The van der Waals surface area contributed by atoms with Crippen molar-refractivity contribution in [1.29, 1.82) is 0 Å². The van der Waals surface area contributed by atoms with Crippen LogP contribution in [0, 0.1) is 6.92 Å². The molecule has 0 aliphatic rings. The van der Waals surface area contributed by atoms with Gasteiger partial charge in [-0.3, -0.25) is 0 Å². The van der Waals surface area contributed by atoms with E-state index in [0.29, 0.717) is 5.16 Å². The second-order valence-electron chi connectivity index (χ2n) is 3.78. The molecule has 1 aromatic carbocycles. The maximum atomic E-state index is 6.04. The van der Waals surface area contributed by atoms with Crippen LogP contribution in [0.4, 0.5) is 5.69 Å². The number of nitrogen functional groups attached to an aromatic ring is 1. The number of aromatic nitrogens is 5. The van der Waals surface area contributed by atoms with E-state index in [1.807, 2.05) is 19.1 Å². The maximum Gasteiger partial charge on any atom is 0.213 e. The molecule has 0 fully saturated rings. The Morgan fingerprint density at radius 1 is 1.39 bits per heavy atom. The van der Waals surface area contributed by atoms with E-state index in [2.05, 4.69) is 20.5 Å². The fourth-order valence-electron chi connectivity index (χ4n) is 1.58. The van der Waals surface area contributed by atoms with Crippen molar-refractivity contribution in [2.75, 3.05) is 5.73 Å². The average Bonchev–Trinajstić information content (AvgIpc) is 2.85. The van der Waals surface area contributed by atoms with Gasteiger partial charge in [0.25, 0.3) is 0 Å². The highest BCUT2D eigenvalue weighted by Gasteiger charge is 2.11. The van der Waals surface area contributed by atoms with Gasteiger partial charge in [-0.25, -0.2) is 9.67 Å². The van der Waals surface area contributed by atoms with Crippen LogP contribution < -0.4 is 5.73 Å². The van der Waals surface area contributed by atoms with Crippen LogP contribution in [-0.4, -0.2) is 25.2 Å². The van der Waals surface area contributed by atoms with Crippen molar-refractivity contribution in [1.82, 2.24) is 25.2 Å². The van der Waals surface area contributed by atoms with Crippen molar-refractivity contribution in [3.8, 4) is 0 Å². The monoisotopic (exact) mass is 278 g/mol. The van der Waals surface area contributed by atoms with Gasteiger partial charge < -0.3 is 5.73 Å². The first kappa shape index (κ1) is 11.4. The van der Waals surface area contributed by atoms with Gasteiger partial charge in [-0.05, 0) is 41.2 Å². The number of nitrogens with zero attached hydrogens (tertiary/aromatic N) is 5. The Labute approximate surface area is 111 Å². The van der Waals surface area contributed by atoms with Crippen molar-refractivity contribution < 1.29 is 0 Å². The highest BCUT2D eigenvalue weighted by atomic mass is 32.2. The Morgan fingerprint density at radius 3 is 2.94 bits per heavy atom. The number of hydrogen-bond donors (Lipinski definition) is 1. The molecular weight excluding hydrogens is 268 g/mol. The third-order valence-electron chi connectivity index (χ3n) is 2.41. The summed E-state index contributed by atoms with van der Waals surface area (Å²) >= 11 is 3.08. The molecule has 0 amide bonds. The molecule has 2 heterocycles. The van der Waals surface area contributed by atoms with Crippen LogP contribution in [0.5, 0.6) is 0 Å². The minimum Gasteiger partial charge on any atom is -0.398 e. The highest BCUT2D eigenvalue weighted by molar-refractivity contribution is 7.99. The minimum atomic E-state index is 0.702. The molecule has 0 saturated carbocycles. The molecule has 0 aliphatic carbocycles. The standard InChI is InChI=1S/C10H10N6S2/c1-5-12-7-4-8(6(11)3-9(7)17-5)18-10-13-14-15-16(10)2/h3-4H,11H2,1-2H3. The zero-order valence-electron chi connectivity index (χ0n) is 9.78. The van der Waals surface area contributed by atoms with E-state index < -0.39 is 0 Å². The number of tetrazole rings is 1. The summed E-state index contributed by atoms with van der Waals surface area (Å²) < 4.78 is 2.71. The predicted octanol–water partition coefficient (Wildman–Crippen LogP) is 1.86. The highest BCUT2D eigenvalue weighted by Crippen LogP contribution is 2.35. The molecule has 3 aromatic rings. The SMILES string of the molecule is Cc1nc2cc(Sc3nnnn3C)c(N)cc2s1. The van der Waals surface area contributed by atoms with Crippen LogP contribution in [0.3, 0.4) is 0 Å². The van der Waals surface area contributed by atoms with Gasteiger partial charge in [0.15, 0.2) is 0 Å². The number of benzene rings is 1. The van der Waals surface area contributed by atoms with Crippen molar-refractivity contribution in [2.45, 2.75) is 17.0 Å². The lowest BCUT2D eigenvalue weighted by Crippen LogP contribution is -1.94. The van der Waals surface area contributed by atoms with Gasteiger partial charge in [-0.1, -0.05) is 0 Å². The van der Waals surface area contributed by atoms with Gasteiger partial charge in [-0.15, -0.1) is 16.4 Å². The van der Waals surface area contributed by atoms with E-state index in [-0.39, 0.29) is 0 Å².